The van der Waals surface area contributed by atoms with Gasteiger partial charge in [0.1, 0.15) is 11.2 Å². The Labute approximate surface area is 345 Å². The van der Waals surface area contributed by atoms with Crippen molar-refractivity contribution in [2.75, 3.05) is 5.88 Å². The highest BCUT2D eigenvalue weighted by Crippen LogP contribution is 2.72. The molecule has 0 aromatic rings. The number of Topliss-reactive ketones (excluding diaryl/α,β-unsaturated/α-hetero) is 1. The molecular weight excluding hydrogens is 767 g/mol. The average molecular weight is 827 g/mol. The van der Waals surface area contributed by atoms with Gasteiger partial charge in [-0.1, -0.05) is 56.7 Å². The van der Waals surface area contributed by atoms with Crippen molar-refractivity contribution in [2.45, 2.75) is 153 Å². The molecule has 1 aliphatic heterocycles. The molecule has 0 radical (unpaired) electrons. The van der Waals surface area contributed by atoms with Crippen LogP contribution in [0.25, 0.3) is 0 Å². The lowest BCUT2D eigenvalue weighted by atomic mass is 9.44. The normalized spacial score (nSPS) is 50.5. The molecule has 0 aromatic heterocycles. The molecule has 1 spiro atoms. The lowest BCUT2D eigenvalue weighted by molar-refractivity contribution is -0.218. The summed E-state index contributed by atoms with van der Waals surface area (Å²) in [4.78, 5) is 60.9. The van der Waals surface area contributed by atoms with Crippen molar-refractivity contribution in [3.63, 3.8) is 0 Å². The van der Waals surface area contributed by atoms with Gasteiger partial charge in [-0.3, -0.25) is 24.0 Å². The number of hydrogen-bond donors (Lipinski definition) is 2. The first kappa shape index (κ1) is 41.6. The molecule has 9 rings (SSSR count). The van der Waals surface area contributed by atoms with Crippen LogP contribution in [0.1, 0.15) is 125 Å². The largest absolute Gasteiger partial charge is 0.458 e. The van der Waals surface area contributed by atoms with Gasteiger partial charge in [0.15, 0.2) is 28.1 Å². The van der Waals surface area contributed by atoms with Gasteiger partial charge in [-0.25, -0.2) is 4.39 Å². The number of carbonyl (C=O) groups is 5. The van der Waals surface area contributed by atoms with Crippen LogP contribution in [0, 0.1) is 57.2 Å². The van der Waals surface area contributed by atoms with Crippen molar-refractivity contribution in [3.05, 3.63) is 35.5 Å². The number of ketones is 3. The van der Waals surface area contributed by atoms with Crippen LogP contribution in [0.5, 0.6) is 0 Å². The second kappa shape index (κ2) is 13.7. The molecule has 312 valence electrons. The Hall–Kier alpha value is -2.14. The van der Waals surface area contributed by atoms with Gasteiger partial charge in [0.25, 0.3) is 0 Å². The summed E-state index contributed by atoms with van der Waals surface area (Å²) in [7, 11) is 0. The molecule has 2 N–H and O–H groups in total. The lowest BCUT2D eigenvalue weighted by Gasteiger charge is -2.62. The van der Waals surface area contributed by atoms with Gasteiger partial charge in [-0.15, -0.1) is 11.6 Å². The highest BCUT2D eigenvalue weighted by molar-refractivity contribution is 8.14. The van der Waals surface area contributed by atoms with Crippen LogP contribution < -0.4 is 0 Å². The molecule has 1 heterocycles. The van der Waals surface area contributed by atoms with E-state index in [1.165, 1.54) is 29.5 Å². The molecular formula is C46H60ClFO8S. The number of hydrogen-bond acceptors (Lipinski definition) is 9. The van der Waals surface area contributed by atoms with Crippen LogP contribution in [0.4, 0.5) is 4.39 Å². The second-order valence-electron chi connectivity index (χ2n) is 20.4. The number of aliphatic hydroxyl groups excluding tert-OH is 1. The topological polar surface area (TPSA) is 135 Å². The lowest BCUT2D eigenvalue weighted by Crippen LogP contribution is -2.69. The predicted molar refractivity (Wildman–Crippen MR) is 216 cm³/mol. The molecule has 0 unspecified atom stereocenters. The van der Waals surface area contributed by atoms with Crippen LogP contribution in [0.3, 0.4) is 0 Å². The molecule has 8 nitrogen and oxygen atoms in total. The van der Waals surface area contributed by atoms with E-state index < -0.39 is 39.9 Å². The number of allylic oxidation sites excluding steroid dienone is 5. The van der Waals surface area contributed by atoms with Crippen molar-refractivity contribution in [3.8, 4) is 0 Å². The highest BCUT2D eigenvalue weighted by Gasteiger charge is 2.75. The maximum absolute atomic E-state index is 16.9. The number of rotatable bonds is 3. The third kappa shape index (κ3) is 5.53. The van der Waals surface area contributed by atoms with E-state index in [0.29, 0.717) is 49.9 Å². The quantitative estimate of drug-likeness (QED) is 0.215. The van der Waals surface area contributed by atoms with Crippen LogP contribution in [0.15, 0.2) is 35.5 Å². The summed E-state index contributed by atoms with van der Waals surface area (Å²) >= 11 is 7.31. The second-order valence-corrected chi connectivity index (χ2v) is 22.1. The van der Waals surface area contributed by atoms with Crippen molar-refractivity contribution in [1.82, 2.24) is 0 Å². The first-order valence-corrected chi connectivity index (χ1v) is 22.8. The zero-order chi connectivity index (χ0) is 41.3. The molecule has 0 bridgehead atoms. The average Bonchev–Trinajstić information content (AvgIpc) is 3.75. The van der Waals surface area contributed by atoms with E-state index in [9.17, 15) is 34.2 Å². The predicted octanol–water partition coefficient (Wildman–Crippen LogP) is 7.99. The molecule has 1 saturated heterocycles. The minimum Gasteiger partial charge on any atom is -0.458 e. The summed E-state index contributed by atoms with van der Waals surface area (Å²) in [5.74, 6) is -0.363. The summed E-state index contributed by atoms with van der Waals surface area (Å²) in [6.07, 6.45) is 14.7. The Bertz CT molecular complexity index is 1900. The summed E-state index contributed by atoms with van der Waals surface area (Å²) in [5.41, 5.74) is -3.81. The van der Waals surface area contributed by atoms with E-state index >= 15 is 4.39 Å². The van der Waals surface area contributed by atoms with Crippen LogP contribution in [-0.2, 0) is 28.7 Å². The van der Waals surface area contributed by atoms with Gasteiger partial charge in [0, 0.05) is 47.2 Å². The number of aliphatic hydroxyl groups is 2. The van der Waals surface area contributed by atoms with Crippen LogP contribution >= 0.6 is 23.4 Å². The Morgan fingerprint density at radius 1 is 0.912 bits per heavy atom. The van der Waals surface area contributed by atoms with Gasteiger partial charge in [0.2, 0.25) is 0 Å². The zero-order valence-corrected chi connectivity index (χ0v) is 35.9. The number of thioether (sulfide) groups is 1. The van der Waals surface area contributed by atoms with Gasteiger partial charge in [-0.2, -0.15) is 0 Å². The van der Waals surface area contributed by atoms with Crippen molar-refractivity contribution < 1.29 is 43.3 Å². The summed E-state index contributed by atoms with van der Waals surface area (Å²) < 4.78 is 22.9. The number of ether oxygens (including phenoxy) is 1. The fourth-order valence-corrected chi connectivity index (χ4v) is 16.8. The van der Waals surface area contributed by atoms with E-state index in [2.05, 4.69) is 13.8 Å². The van der Waals surface area contributed by atoms with Gasteiger partial charge in [-0.05, 0) is 131 Å². The van der Waals surface area contributed by atoms with Gasteiger partial charge < -0.3 is 14.9 Å². The number of alkyl halides is 2. The summed E-state index contributed by atoms with van der Waals surface area (Å²) in [6.45, 7) is 11.8. The standard InChI is InChI=1S/C24H32O4S.C22H28ClFO4/c1-14(25)29-19-13-15-12-16(26)4-8-22(15,2)17-5-9-23(3)18(21(17)19)6-10-24(23)11-7-20(27)28-24;1-12-8-16-15-5-4-13-9-14(25)6-7-19(13,2)21(15,24)17(26)10-20(16,3)22(12,28)18(27)11-23/h12,17-19,21H,4-11,13H2,1-3H3;6-7,9,12,15-17,26,28H,4-5,8,10-11H2,1-3H3/t17-,18-,19+,21+,22-,23-,24+;12-,15-,16-,17-,19-,20-,21-,22-/m00/s1. The Kier molecular flexibility index (Phi) is 9.99. The fourth-order valence-electron chi connectivity index (χ4n) is 15.4. The third-order valence-electron chi connectivity index (χ3n) is 18.4. The Morgan fingerprint density at radius 3 is 2.30 bits per heavy atom. The molecule has 9 aliphatic rings. The summed E-state index contributed by atoms with van der Waals surface area (Å²) in [6, 6.07) is 0. The monoisotopic (exact) mass is 826 g/mol. The third-order valence-corrected chi connectivity index (χ3v) is 19.7. The van der Waals surface area contributed by atoms with Crippen molar-refractivity contribution in [1.29, 1.82) is 0 Å². The van der Waals surface area contributed by atoms with Gasteiger partial charge >= 0.3 is 5.97 Å². The van der Waals surface area contributed by atoms with Crippen LogP contribution in [0.2, 0.25) is 0 Å². The highest BCUT2D eigenvalue weighted by atomic mass is 35.5. The van der Waals surface area contributed by atoms with E-state index in [4.69, 9.17) is 16.3 Å². The van der Waals surface area contributed by atoms with Gasteiger partial charge in [0.05, 0.1) is 12.0 Å². The SMILES string of the molecule is CC(=O)S[C@@H]1CC2=CC(=O)CC[C@]2(C)[C@H]2CC[C@@]3(C)[C@@H](CC[C@@]34CCC(=O)O4)[C@H]12.C[C@H]1C[C@H]2[C@@H]3CCC4=CC(=O)C=C[C@]4(C)[C@@]3(F)[C@@H](O)C[C@]2(C)[C@@]1(O)C(=O)CCl. The zero-order valence-electron chi connectivity index (χ0n) is 34.3. The molecule has 6 saturated carbocycles. The Balaban J connectivity index is 0.000000160. The molecule has 11 heteroatoms. The smallest absolute Gasteiger partial charge is 0.306 e. The first-order chi connectivity index (χ1) is 26.6. The molecule has 0 amide bonds. The maximum Gasteiger partial charge on any atom is 0.306 e. The minimum atomic E-state index is -1.95. The van der Waals surface area contributed by atoms with E-state index in [1.807, 2.05) is 19.9 Å². The first-order valence-electron chi connectivity index (χ1n) is 21.4. The molecule has 15 atom stereocenters. The number of fused-ring (bicyclic) bond motifs is 11. The fraction of sp³-hybridized carbons (Fsp3) is 0.761. The molecule has 7 fully saturated rings. The Morgan fingerprint density at radius 2 is 1.63 bits per heavy atom. The summed E-state index contributed by atoms with van der Waals surface area (Å²) in [5, 5.41) is 23.0. The van der Waals surface area contributed by atoms with Crippen LogP contribution in [-0.4, -0.2) is 72.8 Å². The number of carbonyl (C=O) groups excluding carboxylic acids is 5. The van der Waals surface area contributed by atoms with Crippen molar-refractivity contribution in [2.24, 2.45) is 57.2 Å². The molecule has 57 heavy (non-hydrogen) atoms. The maximum atomic E-state index is 16.9. The van der Waals surface area contributed by atoms with E-state index in [-0.39, 0.29) is 68.5 Å². The number of halogens is 2. The molecule has 8 aliphatic carbocycles. The number of esters is 1. The molecule has 0 aromatic carbocycles. The minimum absolute atomic E-state index is 0.0119. The van der Waals surface area contributed by atoms with E-state index in [0.717, 1.165) is 50.5 Å². The van der Waals surface area contributed by atoms with E-state index in [1.54, 1.807) is 19.9 Å². The van der Waals surface area contributed by atoms with Crippen molar-refractivity contribution >= 4 is 51.8 Å².